The molecule has 0 aliphatic heterocycles. The number of benzene rings is 2. The smallest absolute Gasteiger partial charge is 0.0190 e. The van der Waals surface area contributed by atoms with Crippen molar-refractivity contribution in [3.8, 4) is 0 Å². The predicted octanol–water partition coefficient (Wildman–Crippen LogP) is 5.46. The first-order valence-electron chi connectivity index (χ1n) is 6.66. The third-order valence-corrected chi connectivity index (χ3v) is 2.93. The molecule has 2 rings (SSSR count). The van der Waals surface area contributed by atoms with Gasteiger partial charge in [-0.15, -0.1) is 0 Å². The van der Waals surface area contributed by atoms with E-state index in [0.29, 0.717) is 0 Å². The van der Waals surface area contributed by atoms with Crippen LogP contribution in [0.25, 0.3) is 0 Å². The van der Waals surface area contributed by atoms with E-state index in [-0.39, 0.29) is 0 Å². The molecule has 0 amide bonds. The highest BCUT2D eigenvalue weighted by Crippen LogP contribution is 2.19. The zero-order valence-corrected chi connectivity index (χ0v) is 11.5. The normalized spacial score (nSPS) is 11.3. The Morgan fingerprint density at radius 1 is 0.889 bits per heavy atom. The zero-order valence-electron chi connectivity index (χ0n) is 11.5. The third kappa shape index (κ3) is 5.67. The van der Waals surface area contributed by atoms with Gasteiger partial charge in [-0.1, -0.05) is 80.9 Å². The summed E-state index contributed by atoms with van der Waals surface area (Å²) in [6.45, 7) is 8.25. The highest BCUT2D eigenvalue weighted by atomic mass is 14.1. The first kappa shape index (κ1) is 14.5. The topological polar surface area (TPSA) is 0 Å². The van der Waals surface area contributed by atoms with Crippen LogP contribution in [0.5, 0.6) is 0 Å². The second-order valence-corrected chi connectivity index (χ2v) is 4.59. The Kier molecular flexibility index (Phi) is 6.86. The van der Waals surface area contributed by atoms with Crippen molar-refractivity contribution < 1.29 is 0 Å². The van der Waals surface area contributed by atoms with Crippen LogP contribution in [0.4, 0.5) is 0 Å². The lowest BCUT2D eigenvalue weighted by atomic mass is 9.97. The first-order valence-corrected chi connectivity index (χ1v) is 6.66. The van der Waals surface area contributed by atoms with Crippen molar-refractivity contribution in [3.05, 3.63) is 78.7 Å². The highest BCUT2D eigenvalue weighted by Gasteiger charge is 2.01. The molecule has 1 radical (unpaired) electrons. The van der Waals surface area contributed by atoms with Gasteiger partial charge in [0.2, 0.25) is 0 Å². The summed E-state index contributed by atoms with van der Waals surface area (Å²) in [5.74, 6) is 0.723. The molecule has 0 bridgehead atoms. The van der Waals surface area contributed by atoms with Crippen LogP contribution in [0.2, 0.25) is 0 Å². The molecule has 0 aliphatic rings. The van der Waals surface area contributed by atoms with Crippen molar-refractivity contribution in [2.45, 2.75) is 32.6 Å². The van der Waals surface area contributed by atoms with E-state index in [1.54, 1.807) is 0 Å². The molecule has 0 saturated heterocycles. The zero-order chi connectivity index (χ0) is 13.2. The maximum absolute atomic E-state index is 3.72. The van der Waals surface area contributed by atoms with E-state index in [2.05, 4.69) is 51.1 Å². The van der Waals surface area contributed by atoms with Crippen molar-refractivity contribution in [3.63, 3.8) is 0 Å². The van der Waals surface area contributed by atoms with Gasteiger partial charge in [-0.3, -0.25) is 0 Å². The standard InChI is InChI=1S/C11H16.C7H7/c1-3-7-10(2)11-8-5-4-6-9-11;1-7-5-3-2-4-6-7/h4-6,8-10H,3,7H2,1-2H3;2-6H,1H2. The van der Waals surface area contributed by atoms with Gasteiger partial charge in [0, 0.05) is 0 Å². The van der Waals surface area contributed by atoms with E-state index < -0.39 is 0 Å². The molecule has 1 atom stereocenters. The maximum Gasteiger partial charge on any atom is -0.0190 e. The third-order valence-electron chi connectivity index (χ3n) is 2.93. The van der Waals surface area contributed by atoms with Crippen LogP contribution in [-0.2, 0) is 0 Å². The van der Waals surface area contributed by atoms with Crippen LogP contribution in [0.1, 0.15) is 43.7 Å². The van der Waals surface area contributed by atoms with Gasteiger partial charge in [0.1, 0.15) is 0 Å². The Morgan fingerprint density at radius 2 is 1.39 bits per heavy atom. The lowest BCUT2D eigenvalue weighted by Gasteiger charge is -2.08. The summed E-state index contributed by atoms with van der Waals surface area (Å²) in [6, 6.07) is 20.6. The molecule has 0 aliphatic carbocycles. The summed E-state index contributed by atoms with van der Waals surface area (Å²) < 4.78 is 0. The molecular weight excluding hydrogens is 216 g/mol. The lowest BCUT2D eigenvalue weighted by Crippen LogP contribution is -1.91. The van der Waals surface area contributed by atoms with Gasteiger partial charge in [-0.05, 0) is 30.4 Å². The number of hydrogen-bond donors (Lipinski definition) is 0. The van der Waals surface area contributed by atoms with E-state index in [0.717, 1.165) is 11.5 Å². The Bertz CT molecular complexity index is 403. The minimum Gasteiger partial charge on any atom is -0.0654 e. The molecule has 0 spiro atoms. The fraction of sp³-hybridized carbons (Fsp3) is 0.278. The van der Waals surface area contributed by atoms with Crippen LogP contribution in [0.3, 0.4) is 0 Å². The van der Waals surface area contributed by atoms with Gasteiger partial charge in [0.05, 0.1) is 0 Å². The van der Waals surface area contributed by atoms with E-state index in [1.165, 1.54) is 18.4 Å². The van der Waals surface area contributed by atoms with E-state index in [4.69, 9.17) is 0 Å². The minimum atomic E-state index is 0.723. The first-order chi connectivity index (χ1) is 8.74. The van der Waals surface area contributed by atoms with Gasteiger partial charge < -0.3 is 0 Å². The average molecular weight is 239 g/mol. The fourth-order valence-corrected chi connectivity index (χ4v) is 1.86. The maximum atomic E-state index is 3.72. The summed E-state index contributed by atoms with van der Waals surface area (Å²) >= 11 is 0. The number of rotatable bonds is 3. The lowest BCUT2D eigenvalue weighted by molar-refractivity contribution is 0.665. The van der Waals surface area contributed by atoms with E-state index in [1.807, 2.05) is 30.3 Å². The molecule has 0 nitrogen and oxygen atoms in total. The van der Waals surface area contributed by atoms with Crippen LogP contribution in [-0.4, -0.2) is 0 Å². The molecule has 95 valence electrons. The summed E-state index contributed by atoms with van der Waals surface area (Å²) in [6.07, 6.45) is 2.57. The molecule has 0 aromatic heterocycles. The summed E-state index contributed by atoms with van der Waals surface area (Å²) in [5.41, 5.74) is 2.54. The molecule has 0 saturated carbocycles. The van der Waals surface area contributed by atoms with Crippen molar-refractivity contribution in [1.82, 2.24) is 0 Å². The monoisotopic (exact) mass is 239 g/mol. The molecule has 0 heteroatoms. The molecule has 2 aromatic carbocycles. The quantitative estimate of drug-likeness (QED) is 0.667. The van der Waals surface area contributed by atoms with Crippen LogP contribution in [0.15, 0.2) is 60.7 Å². The van der Waals surface area contributed by atoms with Gasteiger partial charge in [0.25, 0.3) is 0 Å². The Balaban J connectivity index is 0.000000199. The second kappa shape index (κ2) is 8.52. The summed E-state index contributed by atoms with van der Waals surface area (Å²) in [5, 5.41) is 0. The molecule has 0 heterocycles. The molecular formula is C18H23. The highest BCUT2D eigenvalue weighted by molar-refractivity contribution is 5.18. The second-order valence-electron chi connectivity index (χ2n) is 4.59. The van der Waals surface area contributed by atoms with Crippen molar-refractivity contribution in [1.29, 1.82) is 0 Å². The minimum absolute atomic E-state index is 0.723. The predicted molar refractivity (Wildman–Crippen MR) is 80.7 cm³/mol. The van der Waals surface area contributed by atoms with Crippen molar-refractivity contribution in [2.75, 3.05) is 0 Å². The molecule has 0 N–H and O–H groups in total. The van der Waals surface area contributed by atoms with Crippen LogP contribution < -0.4 is 0 Å². The fourth-order valence-electron chi connectivity index (χ4n) is 1.86. The Morgan fingerprint density at radius 3 is 1.78 bits per heavy atom. The summed E-state index contributed by atoms with van der Waals surface area (Å²) in [7, 11) is 0. The van der Waals surface area contributed by atoms with Crippen molar-refractivity contribution in [2.24, 2.45) is 0 Å². The SMILES string of the molecule is CCCC(C)c1ccccc1.[CH2]c1ccccc1. The van der Waals surface area contributed by atoms with Gasteiger partial charge in [-0.2, -0.15) is 0 Å². The summed E-state index contributed by atoms with van der Waals surface area (Å²) in [4.78, 5) is 0. The molecule has 2 aromatic rings. The van der Waals surface area contributed by atoms with E-state index >= 15 is 0 Å². The molecule has 1 unspecified atom stereocenters. The largest absolute Gasteiger partial charge is 0.0654 e. The van der Waals surface area contributed by atoms with E-state index in [9.17, 15) is 0 Å². The van der Waals surface area contributed by atoms with Crippen LogP contribution >= 0.6 is 0 Å². The molecule has 18 heavy (non-hydrogen) atoms. The van der Waals surface area contributed by atoms with Gasteiger partial charge >= 0.3 is 0 Å². The Labute approximate surface area is 112 Å². The van der Waals surface area contributed by atoms with Gasteiger partial charge in [0.15, 0.2) is 0 Å². The molecule has 0 fully saturated rings. The van der Waals surface area contributed by atoms with Crippen molar-refractivity contribution >= 4 is 0 Å². The Hall–Kier alpha value is -1.56. The number of hydrogen-bond acceptors (Lipinski definition) is 0. The van der Waals surface area contributed by atoms with Crippen LogP contribution in [0, 0.1) is 6.92 Å². The average Bonchev–Trinajstić information content (AvgIpc) is 2.42. The van der Waals surface area contributed by atoms with Gasteiger partial charge in [-0.25, -0.2) is 0 Å².